The molecule has 4 nitrogen and oxygen atoms in total. The van der Waals surface area contributed by atoms with Crippen LogP contribution in [0.2, 0.25) is 0 Å². The summed E-state index contributed by atoms with van der Waals surface area (Å²) >= 11 is 0. The van der Waals surface area contributed by atoms with Gasteiger partial charge < -0.3 is 15.3 Å². The average molecular weight is 214 g/mol. The summed E-state index contributed by atoms with van der Waals surface area (Å²) < 4.78 is 0. The minimum atomic E-state index is -0.316. The summed E-state index contributed by atoms with van der Waals surface area (Å²) in [4.78, 5) is 13.6. The number of nitrogens with zero attached hydrogens (tertiary/aromatic N) is 1. The van der Waals surface area contributed by atoms with Gasteiger partial charge >= 0.3 is 0 Å². The van der Waals surface area contributed by atoms with Crippen molar-refractivity contribution >= 4 is 5.91 Å². The highest BCUT2D eigenvalue weighted by atomic mass is 16.3. The maximum Gasteiger partial charge on any atom is 0.221 e. The SMILES string of the molecule is CN(C)CCC(=O)NC1(CO)CCCC1. The first-order valence-electron chi connectivity index (χ1n) is 5.65. The summed E-state index contributed by atoms with van der Waals surface area (Å²) in [6, 6.07) is 0. The molecule has 0 saturated heterocycles. The van der Waals surface area contributed by atoms with Gasteiger partial charge in [-0.25, -0.2) is 0 Å². The Morgan fingerprint density at radius 2 is 2.00 bits per heavy atom. The highest BCUT2D eigenvalue weighted by Gasteiger charge is 2.34. The van der Waals surface area contributed by atoms with E-state index in [2.05, 4.69) is 5.32 Å². The zero-order valence-electron chi connectivity index (χ0n) is 9.75. The van der Waals surface area contributed by atoms with Gasteiger partial charge in [-0.2, -0.15) is 0 Å². The number of amides is 1. The van der Waals surface area contributed by atoms with E-state index in [1.807, 2.05) is 19.0 Å². The number of carbonyl (C=O) groups excluding carboxylic acids is 1. The first kappa shape index (κ1) is 12.5. The molecule has 4 heteroatoms. The Labute approximate surface area is 91.6 Å². The minimum absolute atomic E-state index is 0.0552. The van der Waals surface area contributed by atoms with Crippen LogP contribution in [0, 0.1) is 0 Å². The van der Waals surface area contributed by atoms with E-state index in [1.54, 1.807) is 0 Å². The number of aliphatic hydroxyl groups excluding tert-OH is 1. The number of nitrogens with one attached hydrogen (secondary N) is 1. The highest BCUT2D eigenvalue weighted by molar-refractivity contribution is 5.77. The van der Waals surface area contributed by atoms with Crippen molar-refractivity contribution < 1.29 is 9.90 Å². The normalized spacial score (nSPS) is 19.5. The van der Waals surface area contributed by atoms with Crippen LogP contribution in [-0.2, 0) is 4.79 Å². The summed E-state index contributed by atoms with van der Waals surface area (Å²) in [5.41, 5.74) is -0.316. The van der Waals surface area contributed by atoms with Crippen molar-refractivity contribution in [3.63, 3.8) is 0 Å². The fourth-order valence-electron chi connectivity index (χ4n) is 2.06. The smallest absolute Gasteiger partial charge is 0.221 e. The zero-order chi connectivity index (χ0) is 11.3. The number of hydrogen-bond acceptors (Lipinski definition) is 3. The Morgan fingerprint density at radius 3 is 2.47 bits per heavy atom. The van der Waals surface area contributed by atoms with Gasteiger partial charge in [0.15, 0.2) is 0 Å². The Balaban J connectivity index is 2.35. The molecule has 1 aliphatic rings. The largest absolute Gasteiger partial charge is 0.394 e. The average Bonchev–Trinajstić information content (AvgIpc) is 2.64. The molecule has 0 bridgehead atoms. The third kappa shape index (κ3) is 3.80. The lowest BCUT2D eigenvalue weighted by atomic mass is 9.99. The van der Waals surface area contributed by atoms with Gasteiger partial charge in [-0.3, -0.25) is 4.79 Å². The Kier molecular flexibility index (Phi) is 4.54. The van der Waals surface area contributed by atoms with Crippen LogP contribution in [0.5, 0.6) is 0 Å². The third-order valence-electron chi connectivity index (χ3n) is 3.05. The predicted octanol–water partition coefficient (Wildman–Crippen LogP) is 0.359. The standard InChI is InChI=1S/C11H22N2O2/c1-13(2)8-5-10(15)12-11(9-14)6-3-4-7-11/h14H,3-9H2,1-2H3,(H,12,15). The monoisotopic (exact) mass is 214 g/mol. The third-order valence-corrected chi connectivity index (χ3v) is 3.05. The molecule has 0 aliphatic heterocycles. The number of rotatable bonds is 5. The van der Waals surface area contributed by atoms with Gasteiger partial charge in [0.2, 0.25) is 5.91 Å². The lowest BCUT2D eigenvalue weighted by molar-refractivity contribution is -0.123. The molecule has 0 aromatic rings. The lowest BCUT2D eigenvalue weighted by Gasteiger charge is -2.28. The van der Waals surface area contributed by atoms with Crippen molar-refractivity contribution in [1.29, 1.82) is 0 Å². The van der Waals surface area contributed by atoms with E-state index in [0.717, 1.165) is 32.2 Å². The summed E-state index contributed by atoms with van der Waals surface area (Å²) in [6.07, 6.45) is 4.55. The molecule has 0 spiro atoms. The Morgan fingerprint density at radius 1 is 1.40 bits per heavy atom. The van der Waals surface area contributed by atoms with E-state index >= 15 is 0 Å². The van der Waals surface area contributed by atoms with Crippen molar-refractivity contribution in [3.05, 3.63) is 0 Å². The fraction of sp³-hybridized carbons (Fsp3) is 0.909. The molecule has 1 amide bonds. The van der Waals surface area contributed by atoms with E-state index in [0.29, 0.717) is 6.42 Å². The van der Waals surface area contributed by atoms with E-state index in [-0.39, 0.29) is 18.1 Å². The summed E-state index contributed by atoms with van der Waals surface area (Å²) in [5.74, 6) is 0.0552. The molecule has 88 valence electrons. The molecule has 1 rings (SSSR count). The maximum absolute atomic E-state index is 11.6. The quantitative estimate of drug-likeness (QED) is 0.695. The highest BCUT2D eigenvalue weighted by Crippen LogP contribution is 2.29. The van der Waals surface area contributed by atoms with Gasteiger partial charge in [-0.15, -0.1) is 0 Å². The summed E-state index contributed by atoms with van der Waals surface area (Å²) in [7, 11) is 3.90. The molecule has 1 aliphatic carbocycles. The maximum atomic E-state index is 11.6. The van der Waals surface area contributed by atoms with Crippen LogP contribution in [0.1, 0.15) is 32.1 Å². The van der Waals surface area contributed by atoms with Crippen LogP contribution in [0.4, 0.5) is 0 Å². The molecule has 0 unspecified atom stereocenters. The molecule has 0 radical (unpaired) electrons. The van der Waals surface area contributed by atoms with Crippen molar-refractivity contribution in [1.82, 2.24) is 10.2 Å². The first-order chi connectivity index (χ1) is 7.08. The van der Waals surface area contributed by atoms with Gasteiger partial charge in [0, 0.05) is 13.0 Å². The lowest BCUT2D eigenvalue weighted by Crippen LogP contribution is -2.49. The number of aliphatic hydroxyl groups is 1. The first-order valence-corrected chi connectivity index (χ1v) is 5.65. The van der Waals surface area contributed by atoms with E-state index < -0.39 is 0 Å². The van der Waals surface area contributed by atoms with Gasteiger partial charge in [0.05, 0.1) is 12.1 Å². The van der Waals surface area contributed by atoms with Crippen LogP contribution in [0.25, 0.3) is 0 Å². The van der Waals surface area contributed by atoms with E-state index in [1.165, 1.54) is 0 Å². The van der Waals surface area contributed by atoms with Crippen LogP contribution in [0.3, 0.4) is 0 Å². The molecule has 0 heterocycles. The van der Waals surface area contributed by atoms with Gasteiger partial charge in [0.1, 0.15) is 0 Å². The van der Waals surface area contributed by atoms with Crippen LogP contribution in [0.15, 0.2) is 0 Å². The van der Waals surface area contributed by atoms with E-state index in [4.69, 9.17) is 0 Å². The van der Waals surface area contributed by atoms with Crippen molar-refractivity contribution in [2.75, 3.05) is 27.2 Å². The molecular formula is C11H22N2O2. The fourth-order valence-corrected chi connectivity index (χ4v) is 2.06. The van der Waals surface area contributed by atoms with Crippen LogP contribution >= 0.6 is 0 Å². The van der Waals surface area contributed by atoms with Crippen LogP contribution < -0.4 is 5.32 Å². The Bertz CT molecular complexity index is 211. The van der Waals surface area contributed by atoms with Gasteiger partial charge in [-0.1, -0.05) is 12.8 Å². The topological polar surface area (TPSA) is 52.6 Å². The molecular weight excluding hydrogens is 192 g/mol. The van der Waals surface area contributed by atoms with Crippen LogP contribution in [-0.4, -0.2) is 48.7 Å². The number of carbonyl (C=O) groups is 1. The second-order valence-corrected chi connectivity index (χ2v) is 4.75. The predicted molar refractivity (Wildman–Crippen MR) is 59.6 cm³/mol. The number of hydrogen-bond donors (Lipinski definition) is 2. The van der Waals surface area contributed by atoms with Gasteiger partial charge in [-0.05, 0) is 26.9 Å². The second kappa shape index (κ2) is 5.47. The van der Waals surface area contributed by atoms with Crippen molar-refractivity contribution in [3.8, 4) is 0 Å². The summed E-state index contributed by atoms with van der Waals surface area (Å²) in [5, 5.41) is 12.3. The molecule has 0 atom stereocenters. The second-order valence-electron chi connectivity index (χ2n) is 4.75. The van der Waals surface area contributed by atoms with Crippen molar-refractivity contribution in [2.24, 2.45) is 0 Å². The molecule has 0 aromatic carbocycles. The molecule has 0 aromatic heterocycles. The molecule has 1 saturated carbocycles. The zero-order valence-corrected chi connectivity index (χ0v) is 9.75. The molecule has 1 fully saturated rings. The Hall–Kier alpha value is -0.610. The summed E-state index contributed by atoms with van der Waals surface area (Å²) in [6.45, 7) is 0.827. The van der Waals surface area contributed by atoms with Gasteiger partial charge in [0.25, 0.3) is 0 Å². The molecule has 2 N–H and O–H groups in total. The molecule has 15 heavy (non-hydrogen) atoms. The minimum Gasteiger partial charge on any atom is -0.394 e. The van der Waals surface area contributed by atoms with E-state index in [9.17, 15) is 9.90 Å². The van der Waals surface area contributed by atoms with Crippen molar-refractivity contribution in [2.45, 2.75) is 37.6 Å².